The van der Waals surface area contributed by atoms with E-state index in [1.165, 1.54) is 18.9 Å². The smallest absolute Gasteiger partial charge is 0.166 e. The molecule has 0 atom stereocenters. The monoisotopic (exact) mass is 296 g/mol. The van der Waals surface area contributed by atoms with Crippen molar-refractivity contribution >= 4 is 11.6 Å². The van der Waals surface area contributed by atoms with Crippen molar-refractivity contribution in [1.29, 1.82) is 0 Å². The van der Waals surface area contributed by atoms with Crippen LogP contribution in [0, 0.1) is 0 Å². The quantitative estimate of drug-likeness (QED) is 0.537. The molecule has 0 aliphatic rings. The summed E-state index contributed by atoms with van der Waals surface area (Å²) in [7, 11) is 0. The number of rotatable bonds is 1. The van der Waals surface area contributed by atoms with Gasteiger partial charge in [0.15, 0.2) is 0 Å². The number of benzene rings is 1. The Balaban J connectivity index is 0. The minimum absolute atomic E-state index is 0.131. The lowest BCUT2D eigenvalue weighted by molar-refractivity contribution is -0.137. The summed E-state index contributed by atoms with van der Waals surface area (Å²) in [4.78, 5) is 0. The second-order valence-corrected chi connectivity index (χ2v) is 4.55. The molecule has 0 saturated carbocycles. The van der Waals surface area contributed by atoms with E-state index in [-0.39, 0.29) is 5.02 Å². The maximum Gasteiger partial charge on any atom is 0.416 e. The Morgan fingerprint density at radius 1 is 0.895 bits per heavy atom. The summed E-state index contributed by atoms with van der Waals surface area (Å²) in [5.74, 6) is 0. The van der Waals surface area contributed by atoms with Crippen LogP contribution in [0.4, 0.5) is 13.2 Å². The maximum absolute atomic E-state index is 12.2. The molecule has 0 radical (unpaired) electrons. The summed E-state index contributed by atoms with van der Waals surface area (Å²) in [6, 6.07) is 3.59. The van der Waals surface area contributed by atoms with E-state index >= 15 is 0 Å². The van der Waals surface area contributed by atoms with E-state index in [9.17, 15) is 13.2 Å². The first-order valence-corrected chi connectivity index (χ1v) is 7.01. The van der Waals surface area contributed by atoms with Crippen LogP contribution in [0.15, 0.2) is 18.2 Å². The van der Waals surface area contributed by atoms with Crippen LogP contribution in [0.5, 0.6) is 0 Å². The molecule has 112 valence electrons. The van der Waals surface area contributed by atoms with Crippen LogP contribution in [-0.2, 0) is 12.6 Å². The lowest BCUT2D eigenvalue weighted by atomic mass is 10.1. The van der Waals surface area contributed by atoms with E-state index in [1.54, 1.807) is 6.92 Å². The number of hydrogen-bond acceptors (Lipinski definition) is 0. The van der Waals surface area contributed by atoms with Crippen molar-refractivity contribution in [2.75, 3.05) is 0 Å². The fraction of sp³-hybridized carbons (Fsp3) is 0.600. The van der Waals surface area contributed by atoms with Crippen molar-refractivity contribution in [1.82, 2.24) is 0 Å². The molecular formula is C15H24ClF3. The molecule has 1 aromatic carbocycles. The Kier molecular flexibility index (Phi) is 12.1. The van der Waals surface area contributed by atoms with Gasteiger partial charge in [-0.3, -0.25) is 0 Å². The van der Waals surface area contributed by atoms with Crippen molar-refractivity contribution in [3.63, 3.8) is 0 Å². The Bertz CT molecular complexity index is 331. The van der Waals surface area contributed by atoms with Crippen LogP contribution >= 0.6 is 11.6 Å². The van der Waals surface area contributed by atoms with E-state index in [0.29, 0.717) is 12.0 Å². The number of halogens is 4. The van der Waals surface area contributed by atoms with Gasteiger partial charge in [0, 0.05) is 5.02 Å². The maximum atomic E-state index is 12.2. The van der Waals surface area contributed by atoms with Crippen molar-refractivity contribution in [3.05, 3.63) is 34.3 Å². The summed E-state index contributed by atoms with van der Waals surface area (Å²) >= 11 is 5.53. The molecule has 1 rings (SSSR count). The first-order chi connectivity index (χ1) is 8.76. The molecule has 0 spiro atoms. The normalized spacial score (nSPS) is 9.95. The molecule has 4 heteroatoms. The molecule has 0 nitrogen and oxygen atoms in total. The van der Waals surface area contributed by atoms with Crippen LogP contribution in [0.1, 0.15) is 58.6 Å². The molecule has 19 heavy (non-hydrogen) atoms. The van der Waals surface area contributed by atoms with E-state index in [4.69, 9.17) is 11.6 Å². The molecule has 0 unspecified atom stereocenters. The van der Waals surface area contributed by atoms with Gasteiger partial charge in [-0.05, 0) is 30.2 Å². The van der Waals surface area contributed by atoms with Gasteiger partial charge in [-0.1, -0.05) is 59.1 Å². The summed E-state index contributed by atoms with van der Waals surface area (Å²) in [6.07, 6.45) is -1.27. The third kappa shape index (κ3) is 10.9. The molecule has 0 heterocycles. The van der Waals surface area contributed by atoms with Gasteiger partial charge in [-0.25, -0.2) is 0 Å². The average molecular weight is 297 g/mol. The third-order valence-corrected chi connectivity index (χ3v) is 1.91. The van der Waals surface area contributed by atoms with E-state index < -0.39 is 11.7 Å². The Morgan fingerprint density at radius 2 is 1.32 bits per heavy atom. The molecule has 1 aromatic rings. The van der Waals surface area contributed by atoms with Crippen molar-refractivity contribution < 1.29 is 13.2 Å². The predicted octanol–water partition coefficient (Wildman–Crippen LogP) is 6.75. The molecule has 0 saturated heterocycles. The van der Waals surface area contributed by atoms with Crippen LogP contribution in [-0.4, -0.2) is 0 Å². The van der Waals surface area contributed by atoms with Crippen molar-refractivity contribution in [3.8, 4) is 0 Å². The van der Waals surface area contributed by atoms with Crippen molar-refractivity contribution in [2.24, 2.45) is 0 Å². The van der Waals surface area contributed by atoms with Gasteiger partial charge in [-0.2, -0.15) is 13.2 Å². The first-order valence-electron chi connectivity index (χ1n) is 6.63. The van der Waals surface area contributed by atoms with E-state index in [0.717, 1.165) is 12.1 Å². The standard InChI is InChI=1S/C9H8ClF3.2C3H8/c1-2-6-3-7(9(11,12)13)5-8(10)4-6;2*1-3-2/h3-5H,2H2,1H3;2*3H2,1-2H3. The van der Waals surface area contributed by atoms with Gasteiger partial charge in [0.2, 0.25) is 0 Å². The van der Waals surface area contributed by atoms with Gasteiger partial charge in [0.25, 0.3) is 0 Å². The highest BCUT2D eigenvalue weighted by Crippen LogP contribution is 2.31. The zero-order valence-electron chi connectivity index (χ0n) is 12.4. The summed E-state index contributed by atoms with van der Waals surface area (Å²) in [6.45, 7) is 10.3. The number of hydrogen-bond donors (Lipinski definition) is 0. The van der Waals surface area contributed by atoms with Crippen LogP contribution in [0.3, 0.4) is 0 Å². The second kappa shape index (κ2) is 11.2. The van der Waals surface area contributed by atoms with Gasteiger partial charge in [0.05, 0.1) is 5.56 Å². The Labute approximate surface area is 120 Å². The van der Waals surface area contributed by atoms with Crippen LogP contribution in [0.25, 0.3) is 0 Å². The summed E-state index contributed by atoms with van der Waals surface area (Å²) < 4.78 is 36.7. The SMILES string of the molecule is CCC.CCC.CCc1cc(Cl)cc(C(F)(F)F)c1. The first kappa shape index (κ1) is 20.6. The minimum atomic E-state index is -4.31. The fourth-order valence-corrected chi connectivity index (χ4v) is 1.28. The molecule has 0 amide bonds. The summed E-state index contributed by atoms with van der Waals surface area (Å²) in [5.41, 5.74) is -0.0864. The average Bonchev–Trinajstić information content (AvgIpc) is 2.29. The molecule has 0 aliphatic carbocycles. The van der Waals surface area contributed by atoms with Crippen molar-refractivity contribution in [2.45, 2.75) is 60.1 Å². The number of alkyl halides is 3. The molecule has 0 bridgehead atoms. The highest BCUT2D eigenvalue weighted by atomic mass is 35.5. The van der Waals surface area contributed by atoms with E-state index in [2.05, 4.69) is 27.7 Å². The topological polar surface area (TPSA) is 0 Å². The zero-order valence-corrected chi connectivity index (χ0v) is 13.1. The van der Waals surface area contributed by atoms with Gasteiger partial charge in [0.1, 0.15) is 0 Å². The summed E-state index contributed by atoms with van der Waals surface area (Å²) in [5, 5.41) is 0.131. The van der Waals surface area contributed by atoms with E-state index in [1.807, 2.05) is 0 Å². The Morgan fingerprint density at radius 3 is 1.63 bits per heavy atom. The molecule has 0 fully saturated rings. The fourth-order valence-electron chi connectivity index (χ4n) is 1.02. The largest absolute Gasteiger partial charge is 0.416 e. The van der Waals surface area contributed by atoms with Crippen LogP contribution in [0.2, 0.25) is 5.02 Å². The molecular weight excluding hydrogens is 273 g/mol. The van der Waals surface area contributed by atoms with Gasteiger partial charge < -0.3 is 0 Å². The molecule has 0 aliphatic heterocycles. The highest BCUT2D eigenvalue weighted by molar-refractivity contribution is 6.30. The second-order valence-electron chi connectivity index (χ2n) is 4.11. The predicted molar refractivity (Wildman–Crippen MR) is 77.8 cm³/mol. The third-order valence-electron chi connectivity index (χ3n) is 1.69. The molecule has 0 N–H and O–H groups in total. The zero-order chi connectivity index (χ0) is 15.5. The van der Waals surface area contributed by atoms with Gasteiger partial charge in [-0.15, -0.1) is 0 Å². The minimum Gasteiger partial charge on any atom is -0.166 e. The van der Waals surface area contributed by atoms with Gasteiger partial charge >= 0.3 is 6.18 Å². The lowest BCUT2D eigenvalue weighted by Crippen LogP contribution is -2.05. The van der Waals surface area contributed by atoms with Crippen LogP contribution < -0.4 is 0 Å². The Hall–Kier alpha value is -0.700. The molecule has 0 aromatic heterocycles. The highest BCUT2D eigenvalue weighted by Gasteiger charge is 2.30. The number of aryl methyl sites for hydroxylation is 1. The lowest BCUT2D eigenvalue weighted by Gasteiger charge is -2.08.